The van der Waals surface area contributed by atoms with E-state index in [1.807, 2.05) is 30.3 Å². The number of nitrogens with zero attached hydrogens (tertiary/aromatic N) is 2. The molecule has 2 rings (SSSR count). The second-order valence-corrected chi connectivity index (χ2v) is 5.49. The van der Waals surface area contributed by atoms with Crippen molar-refractivity contribution in [3.05, 3.63) is 46.4 Å². The molecule has 1 aromatic heterocycles. The second kappa shape index (κ2) is 6.33. The summed E-state index contributed by atoms with van der Waals surface area (Å²) < 4.78 is 0. The molecule has 104 valence electrons. The molecule has 0 fully saturated rings. The highest BCUT2D eigenvalue weighted by Gasteiger charge is 2.16. The maximum atomic E-state index is 12.0. The number of rotatable bonds is 4. The number of aryl methyl sites for hydroxylation is 1. The van der Waals surface area contributed by atoms with Crippen LogP contribution in [-0.2, 0) is 4.79 Å². The summed E-state index contributed by atoms with van der Waals surface area (Å²) in [5, 5.41) is 10.3. The first-order valence-electron chi connectivity index (χ1n) is 6.02. The lowest BCUT2D eigenvalue weighted by molar-refractivity contribution is -0.115. The van der Waals surface area contributed by atoms with Gasteiger partial charge in [0.2, 0.25) is 5.91 Å². The molecule has 6 nitrogen and oxygen atoms in total. The van der Waals surface area contributed by atoms with Crippen LogP contribution in [0.5, 0.6) is 0 Å². The van der Waals surface area contributed by atoms with Crippen LogP contribution in [0, 0.1) is 6.92 Å². The Morgan fingerprint density at radius 2 is 2.00 bits per heavy atom. The van der Waals surface area contributed by atoms with E-state index in [9.17, 15) is 9.59 Å². The van der Waals surface area contributed by atoms with E-state index in [0.717, 1.165) is 17.4 Å². The summed E-state index contributed by atoms with van der Waals surface area (Å²) in [4.78, 5) is 26.0. The molecule has 1 atom stereocenters. The SMILES string of the molecule is Cc1nnc(SC(C)C(=O)Nc2ccccc2)[nH]c1=O. The first kappa shape index (κ1) is 14.3. The van der Waals surface area contributed by atoms with Crippen LogP contribution in [0.1, 0.15) is 12.6 Å². The van der Waals surface area contributed by atoms with E-state index in [2.05, 4.69) is 20.5 Å². The summed E-state index contributed by atoms with van der Waals surface area (Å²) >= 11 is 1.15. The number of benzene rings is 1. The Morgan fingerprint density at radius 3 is 2.65 bits per heavy atom. The van der Waals surface area contributed by atoms with Gasteiger partial charge in [-0.25, -0.2) is 0 Å². The Balaban J connectivity index is 2.00. The van der Waals surface area contributed by atoms with E-state index < -0.39 is 5.25 Å². The minimum Gasteiger partial charge on any atom is -0.325 e. The molecular weight excluding hydrogens is 276 g/mol. The van der Waals surface area contributed by atoms with Crippen molar-refractivity contribution in [1.29, 1.82) is 0 Å². The monoisotopic (exact) mass is 290 g/mol. The maximum absolute atomic E-state index is 12.0. The van der Waals surface area contributed by atoms with Crippen molar-refractivity contribution in [2.75, 3.05) is 5.32 Å². The summed E-state index contributed by atoms with van der Waals surface area (Å²) in [5.41, 5.74) is 0.738. The number of nitrogens with one attached hydrogen (secondary N) is 2. The Morgan fingerprint density at radius 1 is 1.30 bits per heavy atom. The van der Waals surface area contributed by atoms with E-state index in [-0.39, 0.29) is 11.5 Å². The zero-order valence-electron chi connectivity index (χ0n) is 11.1. The molecule has 7 heteroatoms. The molecule has 0 saturated carbocycles. The van der Waals surface area contributed by atoms with Crippen LogP contribution in [0.3, 0.4) is 0 Å². The fraction of sp³-hybridized carbons (Fsp3) is 0.231. The topological polar surface area (TPSA) is 87.7 Å². The van der Waals surface area contributed by atoms with Gasteiger partial charge in [0.05, 0.1) is 5.25 Å². The standard InChI is InChI=1S/C13H14N4O2S/c1-8-11(18)15-13(17-16-8)20-9(2)12(19)14-10-6-4-3-5-7-10/h3-7,9H,1-2H3,(H,14,19)(H,15,17,18). The lowest BCUT2D eigenvalue weighted by atomic mass is 10.3. The number of aromatic amines is 1. The predicted molar refractivity (Wildman–Crippen MR) is 77.8 cm³/mol. The van der Waals surface area contributed by atoms with Crippen molar-refractivity contribution in [3.63, 3.8) is 0 Å². The molecule has 1 unspecified atom stereocenters. The van der Waals surface area contributed by atoms with Crippen LogP contribution in [0.2, 0.25) is 0 Å². The van der Waals surface area contributed by atoms with Gasteiger partial charge in [-0.15, -0.1) is 10.2 Å². The minimum absolute atomic E-state index is 0.163. The summed E-state index contributed by atoms with van der Waals surface area (Å²) in [7, 11) is 0. The number of amides is 1. The highest BCUT2D eigenvalue weighted by atomic mass is 32.2. The van der Waals surface area contributed by atoms with E-state index in [1.54, 1.807) is 13.8 Å². The number of para-hydroxylation sites is 1. The molecule has 20 heavy (non-hydrogen) atoms. The van der Waals surface area contributed by atoms with Gasteiger partial charge in [-0.2, -0.15) is 0 Å². The highest BCUT2D eigenvalue weighted by Crippen LogP contribution is 2.19. The average molecular weight is 290 g/mol. The summed E-state index contributed by atoms with van der Waals surface area (Å²) in [6.07, 6.45) is 0. The van der Waals surface area contributed by atoms with Crippen LogP contribution in [0.25, 0.3) is 0 Å². The summed E-state index contributed by atoms with van der Waals surface area (Å²) in [6.45, 7) is 3.31. The number of hydrogen-bond donors (Lipinski definition) is 2. The minimum atomic E-state index is -0.400. The molecule has 2 N–H and O–H groups in total. The molecule has 2 aromatic rings. The van der Waals surface area contributed by atoms with E-state index in [4.69, 9.17) is 0 Å². The number of hydrogen-bond acceptors (Lipinski definition) is 5. The van der Waals surface area contributed by atoms with Crippen molar-refractivity contribution in [2.24, 2.45) is 0 Å². The third-order valence-electron chi connectivity index (χ3n) is 2.54. The van der Waals surface area contributed by atoms with Gasteiger partial charge >= 0.3 is 0 Å². The zero-order chi connectivity index (χ0) is 14.5. The molecule has 0 radical (unpaired) electrons. The molecule has 1 aromatic carbocycles. The van der Waals surface area contributed by atoms with E-state index in [1.165, 1.54) is 0 Å². The second-order valence-electron chi connectivity index (χ2n) is 4.16. The number of thioether (sulfide) groups is 1. The van der Waals surface area contributed by atoms with Crippen molar-refractivity contribution in [3.8, 4) is 0 Å². The van der Waals surface area contributed by atoms with Gasteiger partial charge in [-0.05, 0) is 26.0 Å². The van der Waals surface area contributed by atoms with Gasteiger partial charge < -0.3 is 5.32 Å². The number of anilines is 1. The number of aromatic nitrogens is 3. The third kappa shape index (κ3) is 3.67. The molecule has 0 bridgehead atoms. The number of carbonyl (C=O) groups is 1. The molecule has 0 saturated heterocycles. The zero-order valence-corrected chi connectivity index (χ0v) is 11.9. The van der Waals surface area contributed by atoms with Crippen molar-refractivity contribution < 1.29 is 4.79 Å². The molecule has 0 spiro atoms. The van der Waals surface area contributed by atoms with Gasteiger partial charge in [-0.3, -0.25) is 14.6 Å². The van der Waals surface area contributed by atoms with Gasteiger partial charge in [0.15, 0.2) is 5.16 Å². The van der Waals surface area contributed by atoms with Gasteiger partial charge in [0, 0.05) is 5.69 Å². The van der Waals surface area contributed by atoms with Crippen LogP contribution in [-0.4, -0.2) is 26.3 Å². The molecular formula is C13H14N4O2S. The third-order valence-corrected chi connectivity index (χ3v) is 3.51. The fourth-order valence-electron chi connectivity index (χ4n) is 1.42. The van der Waals surface area contributed by atoms with E-state index in [0.29, 0.717) is 10.9 Å². The van der Waals surface area contributed by atoms with Crippen LogP contribution < -0.4 is 10.9 Å². The van der Waals surface area contributed by atoms with Gasteiger partial charge in [-0.1, -0.05) is 30.0 Å². The van der Waals surface area contributed by atoms with Gasteiger partial charge in [0.25, 0.3) is 5.56 Å². The average Bonchev–Trinajstić information content (AvgIpc) is 2.44. The van der Waals surface area contributed by atoms with Gasteiger partial charge in [0.1, 0.15) is 5.69 Å². The van der Waals surface area contributed by atoms with Crippen LogP contribution in [0.15, 0.2) is 40.3 Å². The molecule has 0 aliphatic heterocycles. The van der Waals surface area contributed by atoms with Crippen LogP contribution in [0.4, 0.5) is 5.69 Å². The largest absolute Gasteiger partial charge is 0.325 e. The lowest BCUT2D eigenvalue weighted by Crippen LogP contribution is -2.23. The van der Waals surface area contributed by atoms with Crippen LogP contribution >= 0.6 is 11.8 Å². The first-order valence-corrected chi connectivity index (χ1v) is 6.90. The van der Waals surface area contributed by atoms with Crippen molar-refractivity contribution in [2.45, 2.75) is 24.3 Å². The number of carbonyl (C=O) groups excluding carboxylic acids is 1. The van der Waals surface area contributed by atoms with Crippen molar-refractivity contribution >= 4 is 23.4 Å². The molecule has 1 amide bonds. The Hall–Kier alpha value is -2.15. The number of H-pyrrole nitrogens is 1. The molecule has 0 aliphatic carbocycles. The predicted octanol–water partition coefficient (Wildman–Crippen LogP) is 1.59. The van der Waals surface area contributed by atoms with E-state index >= 15 is 0 Å². The Bertz CT molecular complexity index is 657. The Labute approximate surface area is 120 Å². The summed E-state index contributed by atoms with van der Waals surface area (Å²) in [6, 6.07) is 9.18. The smallest absolute Gasteiger partial charge is 0.273 e. The first-order chi connectivity index (χ1) is 9.56. The highest BCUT2D eigenvalue weighted by molar-refractivity contribution is 8.00. The lowest BCUT2D eigenvalue weighted by Gasteiger charge is -2.10. The maximum Gasteiger partial charge on any atom is 0.273 e. The molecule has 1 heterocycles. The summed E-state index contributed by atoms with van der Waals surface area (Å²) in [5.74, 6) is -0.163. The normalized spacial score (nSPS) is 11.9. The quantitative estimate of drug-likeness (QED) is 0.835. The van der Waals surface area contributed by atoms with Crippen molar-refractivity contribution in [1.82, 2.24) is 15.2 Å². The Kier molecular flexibility index (Phi) is 4.52. The molecule has 0 aliphatic rings. The fourth-order valence-corrected chi connectivity index (χ4v) is 2.16.